The van der Waals surface area contributed by atoms with E-state index in [1.807, 2.05) is 97.1 Å². The van der Waals surface area contributed by atoms with Gasteiger partial charge in [0.15, 0.2) is 0 Å². The molecule has 0 saturated carbocycles. The molecule has 13 nitrogen and oxygen atoms in total. The lowest BCUT2D eigenvalue weighted by Gasteiger charge is -2.15. The number of hydrogen-bond donors (Lipinski definition) is 13. The van der Waals surface area contributed by atoms with Gasteiger partial charge in [-0.25, -0.2) is 0 Å². The summed E-state index contributed by atoms with van der Waals surface area (Å²) in [4.78, 5) is 0. The molecule has 0 unspecified atom stereocenters. The predicted molar refractivity (Wildman–Crippen MR) is 597 cm³/mol. The third-order valence-electron chi connectivity index (χ3n) is 27.5. The zero-order chi connectivity index (χ0) is 93.0. The molecule has 0 fully saturated rings. The van der Waals surface area contributed by atoms with Gasteiger partial charge in [0.2, 0.25) is 0 Å². The SMILES string of the molecule is Cc1cc2c3ccccc3c3ccccc3c2cc1N.Nc1c(N)c2c3ccccc3ccc2c2ccccc12.Nc1c(N)c2cccc3ccc4cccc1c4c32.Nc1cc2ccc3c4ccccc4ccc3c2cc1N.Nc1cc2ccc3cccc4ccc(c1N)c2c34.Nc1ccc2c3ccccc3c3ccccc3c2c1N.Nc1ccc2ccc3c4ccccc4ccc3c2c1N. The monoisotopic (exact) mass is 1750 g/mol. The second-order valence-corrected chi connectivity index (χ2v) is 35.2. The molecule has 28 aromatic carbocycles. The van der Waals surface area contributed by atoms with E-state index in [1.165, 1.54) is 135 Å². The third-order valence-corrected chi connectivity index (χ3v) is 27.5. The van der Waals surface area contributed by atoms with Gasteiger partial charge in [0.05, 0.1) is 68.2 Å². The van der Waals surface area contributed by atoms with Gasteiger partial charge in [-0.2, -0.15) is 0 Å². The van der Waals surface area contributed by atoms with Gasteiger partial charge in [0.25, 0.3) is 0 Å². The lowest BCUT2D eigenvalue weighted by atomic mass is 9.92. The molecule has 0 bridgehead atoms. The van der Waals surface area contributed by atoms with E-state index in [1.54, 1.807) is 0 Å². The van der Waals surface area contributed by atoms with E-state index in [-0.39, 0.29) is 0 Å². The number of aryl methyl sites for hydroxylation is 1. The smallest absolute Gasteiger partial charge is 0.0640 e. The van der Waals surface area contributed by atoms with Crippen LogP contribution in [0.25, 0.3) is 226 Å². The van der Waals surface area contributed by atoms with Gasteiger partial charge in [0.1, 0.15) is 0 Å². The lowest BCUT2D eigenvalue weighted by molar-refractivity contribution is 1.51. The van der Waals surface area contributed by atoms with E-state index in [2.05, 4.69) is 310 Å². The second kappa shape index (κ2) is 33.5. The van der Waals surface area contributed by atoms with Gasteiger partial charge < -0.3 is 74.5 Å². The van der Waals surface area contributed by atoms with Crippen LogP contribution in [0.4, 0.5) is 73.9 Å². The Morgan fingerprint density at radius 1 is 0.110 bits per heavy atom. The zero-order valence-corrected chi connectivity index (χ0v) is 74.6. The quantitative estimate of drug-likeness (QED) is 0.0382. The van der Waals surface area contributed by atoms with Crippen LogP contribution in [0.15, 0.2) is 400 Å². The molecule has 0 saturated heterocycles. The Morgan fingerprint density at radius 3 is 0.897 bits per heavy atom. The van der Waals surface area contributed by atoms with Gasteiger partial charge in [-0.1, -0.05) is 358 Å². The number of nitrogens with two attached hydrogens (primary N) is 13. The number of hydrogen-bond acceptors (Lipinski definition) is 13. The van der Waals surface area contributed by atoms with Crippen LogP contribution in [-0.4, -0.2) is 0 Å². The van der Waals surface area contributed by atoms with Gasteiger partial charge in [0, 0.05) is 43.4 Å². The average molecular weight is 1760 g/mol. The molecular weight excluding hydrogens is 1660 g/mol. The highest BCUT2D eigenvalue weighted by Crippen LogP contribution is 2.48. The molecule has 26 N–H and O–H groups in total. The van der Waals surface area contributed by atoms with Crippen LogP contribution >= 0.6 is 0 Å². The molecule has 0 spiro atoms. The summed E-state index contributed by atoms with van der Waals surface area (Å²) in [6, 6.07) is 138. The molecule has 0 aliphatic heterocycles. The minimum Gasteiger partial charge on any atom is -0.398 e. The van der Waals surface area contributed by atoms with Crippen molar-refractivity contribution in [3.63, 3.8) is 0 Å². The minimum absolute atomic E-state index is 0.637. The van der Waals surface area contributed by atoms with E-state index in [9.17, 15) is 0 Å². The summed E-state index contributed by atoms with van der Waals surface area (Å²) in [6.07, 6.45) is 0. The third kappa shape index (κ3) is 14.0. The van der Waals surface area contributed by atoms with E-state index in [4.69, 9.17) is 74.5 Å². The van der Waals surface area contributed by atoms with Crippen LogP contribution < -0.4 is 74.5 Å². The molecule has 0 aliphatic rings. The summed E-state index contributed by atoms with van der Waals surface area (Å²) < 4.78 is 0. The van der Waals surface area contributed by atoms with Crippen LogP contribution in [0.3, 0.4) is 0 Å². The summed E-state index contributed by atoms with van der Waals surface area (Å²) in [5.41, 5.74) is 89.3. The number of rotatable bonds is 0. The molecular formula is C123H95N13. The first-order valence-corrected chi connectivity index (χ1v) is 45.3. The highest BCUT2D eigenvalue weighted by Gasteiger charge is 2.20. The van der Waals surface area contributed by atoms with Crippen LogP contribution in [0.2, 0.25) is 0 Å². The normalized spacial score (nSPS) is 11.5. The summed E-state index contributed by atoms with van der Waals surface area (Å²) in [5, 5.41) is 49.9. The first kappa shape index (κ1) is 83.2. The Balaban J connectivity index is 0.0000000920. The molecule has 28 rings (SSSR count). The summed E-state index contributed by atoms with van der Waals surface area (Å²) in [5.74, 6) is 0. The van der Waals surface area contributed by atoms with E-state index >= 15 is 0 Å². The van der Waals surface area contributed by atoms with Gasteiger partial charge in [-0.15, -0.1) is 0 Å². The van der Waals surface area contributed by atoms with Gasteiger partial charge in [-0.05, 0) is 243 Å². The van der Waals surface area contributed by atoms with Crippen molar-refractivity contribution in [1.29, 1.82) is 0 Å². The van der Waals surface area contributed by atoms with Crippen LogP contribution in [0.5, 0.6) is 0 Å². The van der Waals surface area contributed by atoms with Crippen molar-refractivity contribution in [2.24, 2.45) is 0 Å². The molecule has 0 amide bonds. The number of nitrogen functional groups attached to an aromatic ring is 13. The maximum atomic E-state index is 6.33. The molecule has 28 aromatic rings. The fourth-order valence-corrected chi connectivity index (χ4v) is 20.7. The fourth-order valence-electron chi connectivity index (χ4n) is 20.7. The molecule has 0 aliphatic carbocycles. The van der Waals surface area contributed by atoms with Crippen molar-refractivity contribution >= 4 is 300 Å². The summed E-state index contributed by atoms with van der Waals surface area (Å²) in [7, 11) is 0. The number of benzene rings is 28. The molecule has 652 valence electrons. The Bertz CT molecular complexity index is 9470. The predicted octanol–water partition coefficient (Wildman–Crippen LogP) is 29.8. The summed E-state index contributed by atoms with van der Waals surface area (Å²) >= 11 is 0. The Hall–Kier alpha value is -18.5. The topological polar surface area (TPSA) is 338 Å². The second-order valence-electron chi connectivity index (χ2n) is 35.2. The molecule has 0 atom stereocenters. The molecule has 0 heterocycles. The highest BCUT2D eigenvalue weighted by atomic mass is 14.7. The van der Waals surface area contributed by atoms with E-state index in [0.29, 0.717) is 68.2 Å². The maximum absolute atomic E-state index is 6.33. The van der Waals surface area contributed by atoms with Gasteiger partial charge in [-0.3, -0.25) is 0 Å². The molecule has 0 aromatic heterocycles. The first-order valence-electron chi connectivity index (χ1n) is 45.3. The van der Waals surface area contributed by atoms with Crippen LogP contribution in [-0.2, 0) is 0 Å². The first-order chi connectivity index (χ1) is 66.3. The Labute approximate surface area is 782 Å². The largest absolute Gasteiger partial charge is 0.398 e. The Kier molecular flexibility index (Phi) is 20.5. The average Bonchev–Trinajstić information content (AvgIpc) is 0.750. The standard InChI is InChI=1S/C19H15N.4C18H14N2.2C16H12N2/c1-12-10-17-15-8-4-2-6-13(15)14-7-3-5-9-16(14)18(17)11-19(12)20;19-16-10-9-15-13-7-2-1-5-11(13)12-6-3-4-8-14(12)17(15)18(16)20;19-17-15-8-4-3-7-13(15)14-10-9-11-5-1-2-6-12(11)16(14)18(17)20;19-16-10-7-12-6-8-14-13-4-2-1-3-11(13)5-9-15(14)17(12)18(16)20;19-17-9-12-6-8-14-13-4-2-1-3-11(13)5-7-15(14)16(12)10-18(17)20;17-15-11-5-1-3-9-7-8-10-4-2-6-12(16(15)18)14(10)13(9)11;17-13-8-11-5-4-9-2-1-3-10-6-7-12(16(13)18)15(11)14(9)10/h2-11H,20H2,1H3;4*1-10H,19-20H2;2*1-8H,17-18H2. The van der Waals surface area contributed by atoms with Crippen molar-refractivity contribution < 1.29 is 0 Å². The van der Waals surface area contributed by atoms with Crippen molar-refractivity contribution in [3.05, 3.63) is 406 Å². The number of fused-ring (bicyclic) bond motifs is 27. The molecule has 13 heteroatoms. The fraction of sp³-hybridized carbons (Fsp3) is 0.00813. The summed E-state index contributed by atoms with van der Waals surface area (Å²) in [6.45, 7) is 2.07. The van der Waals surface area contributed by atoms with Gasteiger partial charge >= 0.3 is 0 Å². The van der Waals surface area contributed by atoms with E-state index < -0.39 is 0 Å². The highest BCUT2D eigenvalue weighted by molar-refractivity contribution is 6.34. The Morgan fingerprint density at radius 2 is 0.368 bits per heavy atom. The van der Waals surface area contributed by atoms with Crippen molar-refractivity contribution in [2.75, 3.05) is 74.5 Å². The maximum Gasteiger partial charge on any atom is 0.0640 e. The van der Waals surface area contributed by atoms with Crippen molar-refractivity contribution in [1.82, 2.24) is 0 Å². The lowest BCUT2D eigenvalue weighted by Crippen LogP contribution is -1.98. The minimum atomic E-state index is 0.637. The zero-order valence-electron chi connectivity index (χ0n) is 74.6. The van der Waals surface area contributed by atoms with Crippen molar-refractivity contribution in [3.8, 4) is 0 Å². The molecule has 0 radical (unpaired) electrons. The van der Waals surface area contributed by atoms with Crippen LogP contribution in [0.1, 0.15) is 5.56 Å². The van der Waals surface area contributed by atoms with Crippen molar-refractivity contribution in [2.45, 2.75) is 6.92 Å². The number of anilines is 13. The molecule has 136 heavy (non-hydrogen) atoms. The van der Waals surface area contributed by atoms with E-state index in [0.717, 1.165) is 103 Å². The van der Waals surface area contributed by atoms with Crippen LogP contribution in [0, 0.1) is 6.92 Å².